The van der Waals surface area contributed by atoms with Crippen molar-refractivity contribution in [3.8, 4) is 0 Å². The van der Waals surface area contributed by atoms with Gasteiger partial charge in [-0.1, -0.05) is 23.2 Å². The number of thioether (sulfide) groups is 1. The standard InChI is InChI=1S/C19H22Cl2N2O2S/c1-22-8-6-15(7-9-22)23(12-16-3-2-10-25-16)19(24)13-26-18-11-14(20)4-5-17(18)21/h2-5,10-11,15H,6-9,12-13H2,1H3. The quantitative estimate of drug-likeness (QED) is 0.638. The van der Waals surface area contributed by atoms with Gasteiger partial charge in [0, 0.05) is 16.0 Å². The lowest BCUT2D eigenvalue weighted by Gasteiger charge is -2.37. The van der Waals surface area contributed by atoms with Gasteiger partial charge in [0.1, 0.15) is 5.76 Å². The fourth-order valence-corrected chi connectivity index (χ4v) is 4.49. The number of carbonyl (C=O) groups is 1. The lowest BCUT2D eigenvalue weighted by atomic mass is 10.0. The Morgan fingerprint density at radius 2 is 2.08 bits per heavy atom. The van der Waals surface area contributed by atoms with Crippen molar-refractivity contribution in [1.82, 2.24) is 9.80 Å². The minimum atomic E-state index is 0.0944. The van der Waals surface area contributed by atoms with E-state index < -0.39 is 0 Å². The number of amides is 1. The molecule has 0 saturated carbocycles. The van der Waals surface area contributed by atoms with E-state index in [1.165, 1.54) is 11.8 Å². The number of halogens is 2. The zero-order valence-electron chi connectivity index (χ0n) is 14.7. The van der Waals surface area contributed by atoms with E-state index in [-0.39, 0.29) is 11.9 Å². The number of nitrogens with zero attached hydrogens (tertiary/aromatic N) is 2. The van der Waals surface area contributed by atoms with Gasteiger partial charge >= 0.3 is 0 Å². The summed E-state index contributed by atoms with van der Waals surface area (Å²) >= 11 is 13.7. The van der Waals surface area contributed by atoms with E-state index in [9.17, 15) is 4.79 Å². The van der Waals surface area contributed by atoms with Crippen LogP contribution in [0, 0.1) is 0 Å². The average Bonchev–Trinajstić information content (AvgIpc) is 3.14. The van der Waals surface area contributed by atoms with Crippen LogP contribution >= 0.6 is 35.0 Å². The van der Waals surface area contributed by atoms with E-state index in [0.717, 1.165) is 36.6 Å². The third-order valence-corrected chi connectivity index (χ3v) is 6.32. The molecule has 1 aliphatic rings. The highest BCUT2D eigenvalue weighted by Gasteiger charge is 2.27. The Bertz CT molecular complexity index is 731. The first-order valence-electron chi connectivity index (χ1n) is 8.61. The van der Waals surface area contributed by atoms with Gasteiger partial charge in [-0.2, -0.15) is 0 Å². The Labute approximate surface area is 168 Å². The second-order valence-electron chi connectivity index (χ2n) is 6.50. The zero-order valence-corrected chi connectivity index (χ0v) is 17.0. The molecule has 3 rings (SSSR count). The van der Waals surface area contributed by atoms with Crippen LogP contribution in [0.4, 0.5) is 0 Å². The highest BCUT2D eigenvalue weighted by atomic mass is 35.5. The molecule has 140 valence electrons. The molecule has 2 aromatic rings. The van der Waals surface area contributed by atoms with Crippen molar-refractivity contribution >= 4 is 40.9 Å². The van der Waals surface area contributed by atoms with Crippen LogP contribution in [0.2, 0.25) is 10.0 Å². The summed E-state index contributed by atoms with van der Waals surface area (Å²) in [4.78, 5) is 18.1. The molecule has 0 radical (unpaired) electrons. The molecule has 1 saturated heterocycles. The fraction of sp³-hybridized carbons (Fsp3) is 0.421. The first-order chi connectivity index (χ1) is 12.5. The Morgan fingerprint density at radius 3 is 2.77 bits per heavy atom. The van der Waals surface area contributed by atoms with Crippen LogP contribution in [0.25, 0.3) is 0 Å². The monoisotopic (exact) mass is 412 g/mol. The molecule has 1 aromatic heterocycles. The molecule has 2 heterocycles. The van der Waals surface area contributed by atoms with Crippen LogP contribution in [0.3, 0.4) is 0 Å². The molecule has 1 aliphatic heterocycles. The molecule has 1 aromatic carbocycles. The number of hydrogen-bond acceptors (Lipinski definition) is 4. The molecular weight excluding hydrogens is 391 g/mol. The van der Waals surface area contributed by atoms with Gasteiger partial charge in [0.15, 0.2) is 0 Å². The molecule has 0 aliphatic carbocycles. The van der Waals surface area contributed by atoms with Crippen LogP contribution in [0.5, 0.6) is 0 Å². The Morgan fingerprint density at radius 1 is 1.31 bits per heavy atom. The van der Waals surface area contributed by atoms with E-state index in [0.29, 0.717) is 22.3 Å². The van der Waals surface area contributed by atoms with Crippen molar-refractivity contribution in [2.75, 3.05) is 25.9 Å². The Balaban J connectivity index is 1.68. The summed E-state index contributed by atoms with van der Waals surface area (Å²) in [6.45, 7) is 2.50. The van der Waals surface area contributed by atoms with Gasteiger partial charge in [0.05, 0.1) is 23.6 Å². The summed E-state index contributed by atoms with van der Waals surface area (Å²) in [6.07, 6.45) is 3.60. The van der Waals surface area contributed by atoms with Crippen LogP contribution in [-0.4, -0.2) is 47.6 Å². The summed E-state index contributed by atoms with van der Waals surface area (Å²) in [5.41, 5.74) is 0. The average molecular weight is 413 g/mol. The van der Waals surface area contributed by atoms with Crippen molar-refractivity contribution in [2.45, 2.75) is 30.3 Å². The second-order valence-corrected chi connectivity index (χ2v) is 8.36. The topological polar surface area (TPSA) is 36.7 Å². The fourth-order valence-electron chi connectivity index (χ4n) is 3.11. The van der Waals surface area contributed by atoms with Gasteiger partial charge in [-0.3, -0.25) is 4.79 Å². The van der Waals surface area contributed by atoms with Crippen LogP contribution in [-0.2, 0) is 11.3 Å². The number of hydrogen-bond donors (Lipinski definition) is 0. The number of furan rings is 1. The smallest absolute Gasteiger partial charge is 0.233 e. The zero-order chi connectivity index (χ0) is 18.5. The lowest BCUT2D eigenvalue weighted by molar-refractivity contribution is -0.132. The van der Waals surface area contributed by atoms with Crippen molar-refractivity contribution in [1.29, 1.82) is 0 Å². The van der Waals surface area contributed by atoms with E-state index in [4.69, 9.17) is 27.6 Å². The van der Waals surface area contributed by atoms with E-state index in [2.05, 4.69) is 11.9 Å². The molecular formula is C19H22Cl2N2O2S. The number of rotatable bonds is 6. The molecule has 7 heteroatoms. The highest BCUT2D eigenvalue weighted by Crippen LogP contribution is 2.30. The van der Waals surface area contributed by atoms with Crippen molar-refractivity contribution in [3.63, 3.8) is 0 Å². The van der Waals surface area contributed by atoms with Gasteiger partial charge < -0.3 is 14.2 Å². The second kappa shape index (κ2) is 9.18. The molecule has 0 unspecified atom stereocenters. The molecule has 1 fully saturated rings. The first kappa shape index (κ1) is 19.6. The number of likely N-dealkylation sites (tertiary alicyclic amines) is 1. The van der Waals surface area contributed by atoms with Gasteiger partial charge in [0.2, 0.25) is 5.91 Å². The van der Waals surface area contributed by atoms with Gasteiger partial charge in [-0.25, -0.2) is 0 Å². The van der Waals surface area contributed by atoms with Crippen molar-refractivity contribution in [2.24, 2.45) is 0 Å². The van der Waals surface area contributed by atoms with E-state index in [1.807, 2.05) is 17.0 Å². The Hall–Kier alpha value is -1.14. The number of piperidine rings is 1. The normalized spacial score (nSPS) is 16.0. The SMILES string of the molecule is CN1CCC(N(Cc2ccco2)C(=O)CSc2cc(Cl)ccc2Cl)CC1. The van der Waals surface area contributed by atoms with Crippen LogP contribution < -0.4 is 0 Å². The summed E-state index contributed by atoms with van der Waals surface area (Å²) in [5, 5.41) is 1.23. The maximum Gasteiger partial charge on any atom is 0.233 e. The van der Waals surface area contributed by atoms with Gasteiger partial charge in [0.25, 0.3) is 0 Å². The van der Waals surface area contributed by atoms with Crippen LogP contribution in [0.1, 0.15) is 18.6 Å². The third kappa shape index (κ3) is 5.19. The summed E-state index contributed by atoms with van der Waals surface area (Å²) in [6, 6.07) is 9.31. The number of carbonyl (C=O) groups excluding carboxylic acids is 1. The predicted molar refractivity (Wildman–Crippen MR) is 107 cm³/mol. The first-order valence-corrected chi connectivity index (χ1v) is 10.4. The maximum atomic E-state index is 13.0. The van der Waals surface area contributed by atoms with Gasteiger partial charge in [-0.15, -0.1) is 11.8 Å². The Kier molecular flexibility index (Phi) is 6.92. The highest BCUT2D eigenvalue weighted by molar-refractivity contribution is 8.00. The van der Waals surface area contributed by atoms with Crippen molar-refractivity contribution in [3.05, 3.63) is 52.4 Å². The molecule has 0 bridgehead atoms. The third-order valence-electron chi connectivity index (χ3n) is 4.60. The lowest BCUT2D eigenvalue weighted by Crippen LogP contribution is -2.46. The molecule has 1 amide bonds. The van der Waals surface area contributed by atoms with Gasteiger partial charge in [-0.05, 0) is 63.3 Å². The molecule has 0 atom stereocenters. The largest absolute Gasteiger partial charge is 0.467 e. The molecule has 0 N–H and O–H groups in total. The van der Waals surface area contributed by atoms with Crippen molar-refractivity contribution < 1.29 is 9.21 Å². The van der Waals surface area contributed by atoms with E-state index >= 15 is 0 Å². The molecule has 4 nitrogen and oxygen atoms in total. The van der Waals surface area contributed by atoms with Crippen LogP contribution in [0.15, 0.2) is 45.9 Å². The number of benzene rings is 1. The summed E-state index contributed by atoms with van der Waals surface area (Å²) in [5.74, 6) is 1.23. The predicted octanol–water partition coefficient (Wildman–Crippen LogP) is 4.80. The summed E-state index contributed by atoms with van der Waals surface area (Å²) < 4.78 is 5.47. The molecule has 26 heavy (non-hydrogen) atoms. The summed E-state index contributed by atoms with van der Waals surface area (Å²) in [7, 11) is 2.12. The minimum Gasteiger partial charge on any atom is -0.467 e. The van der Waals surface area contributed by atoms with E-state index in [1.54, 1.807) is 24.5 Å². The maximum absolute atomic E-state index is 13.0. The minimum absolute atomic E-state index is 0.0944. The molecule has 0 spiro atoms.